The number of hydrogen-bond acceptors (Lipinski definition) is 1. The maximum absolute atomic E-state index is 13.1. The molecule has 0 aliphatic rings. The summed E-state index contributed by atoms with van der Waals surface area (Å²) in [6.07, 6.45) is 0. The molecular formula is C9H8BrFN2. The number of aromatic nitrogens is 2. The number of rotatable bonds is 0. The van der Waals surface area contributed by atoms with E-state index in [1.165, 1.54) is 6.07 Å². The molecule has 0 N–H and O–H groups in total. The Balaban J connectivity index is 2.89. The average Bonchev–Trinajstić information content (AvgIpc) is 2.32. The first-order valence-electron chi connectivity index (χ1n) is 3.87. The first kappa shape index (κ1) is 8.69. The monoisotopic (exact) mass is 242 g/mol. The molecule has 1 aromatic carbocycles. The second-order valence-corrected chi connectivity index (χ2v) is 3.83. The van der Waals surface area contributed by atoms with Crippen LogP contribution in [0, 0.1) is 12.7 Å². The molecule has 0 atom stereocenters. The van der Waals surface area contributed by atoms with Crippen molar-refractivity contribution in [3.8, 4) is 0 Å². The highest BCUT2D eigenvalue weighted by molar-refractivity contribution is 9.10. The van der Waals surface area contributed by atoms with Crippen LogP contribution in [-0.2, 0) is 7.05 Å². The van der Waals surface area contributed by atoms with Crippen molar-refractivity contribution >= 4 is 27.0 Å². The highest BCUT2D eigenvalue weighted by Crippen LogP contribution is 2.22. The van der Waals surface area contributed by atoms with Crippen LogP contribution < -0.4 is 0 Å². The first-order valence-corrected chi connectivity index (χ1v) is 4.67. The maximum Gasteiger partial charge on any atom is 0.139 e. The molecule has 0 unspecified atom stereocenters. The highest BCUT2D eigenvalue weighted by atomic mass is 79.9. The molecule has 13 heavy (non-hydrogen) atoms. The van der Waals surface area contributed by atoms with E-state index in [0.717, 1.165) is 16.9 Å². The van der Waals surface area contributed by atoms with E-state index in [1.54, 1.807) is 6.07 Å². The van der Waals surface area contributed by atoms with Crippen molar-refractivity contribution in [2.24, 2.45) is 7.05 Å². The molecule has 0 spiro atoms. The summed E-state index contributed by atoms with van der Waals surface area (Å²) in [6, 6.07) is 3.18. The third-order valence-corrected chi connectivity index (χ3v) is 2.75. The summed E-state index contributed by atoms with van der Waals surface area (Å²) < 4.78 is 15.5. The van der Waals surface area contributed by atoms with Gasteiger partial charge < -0.3 is 4.57 Å². The number of benzene rings is 1. The van der Waals surface area contributed by atoms with Gasteiger partial charge in [-0.15, -0.1) is 0 Å². The zero-order valence-corrected chi connectivity index (χ0v) is 8.89. The molecule has 0 saturated heterocycles. The summed E-state index contributed by atoms with van der Waals surface area (Å²) in [5.41, 5.74) is 1.63. The van der Waals surface area contributed by atoms with Gasteiger partial charge in [0.25, 0.3) is 0 Å². The Kier molecular flexibility index (Phi) is 1.87. The van der Waals surface area contributed by atoms with Crippen LogP contribution in [-0.4, -0.2) is 9.55 Å². The summed E-state index contributed by atoms with van der Waals surface area (Å²) in [4.78, 5) is 4.28. The summed E-state index contributed by atoms with van der Waals surface area (Å²) in [5, 5.41) is 0. The first-order chi connectivity index (χ1) is 6.09. The van der Waals surface area contributed by atoms with Crippen molar-refractivity contribution in [1.29, 1.82) is 0 Å². The molecule has 68 valence electrons. The molecule has 2 nitrogen and oxygen atoms in total. The summed E-state index contributed by atoms with van der Waals surface area (Å²) in [6.45, 7) is 1.89. The van der Waals surface area contributed by atoms with Crippen molar-refractivity contribution in [3.63, 3.8) is 0 Å². The van der Waals surface area contributed by atoms with Crippen LogP contribution in [0.1, 0.15) is 5.82 Å². The van der Waals surface area contributed by atoms with E-state index in [-0.39, 0.29) is 5.82 Å². The van der Waals surface area contributed by atoms with Gasteiger partial charge in [0.05, 0.1) is 15.5 Å². The fraction of sp³-hybridized carbons (Fsp3) is 0.222. The van der Waals surface area contributed by atoms with Gasteiger partial charge >= 0.3 is 0 Å². The van der Waals surface area contributed by atoms with E-state index < -0.39 is 0 Å². The van der Waals surface area contributed by atoms with E-state index >= 15 is 0 Å². The Morgan fingerprint density at radius 2 is 2.15 bits per heavy atom. The molecule has 1 aromatic heterocycles. The Morgan fingerprint density at radius 3 is 2.85 bits per heavy atom. The van der Waals surface area contributed by atoms with Crippen LogP contribution in [0.4, 0.5) is 4.39 Å². The zero-order chi connectivity index (χ0) is 9.59. The lowest BCUT2D eigenvalue weighted by Crippen LogP contribution is -1.90. The van der Waals surface area contributed by atoms with Crippen molar-refractivity contribution < 1.29 is 4.39 Å². The van der Waals surface area contributed by atoms with Crippen LogP contribution in [0.3, 0.4) is 0 Å². The third-order valence-electron chi connectivity index (χ3n) is 2.15. The van der Waals surface area contributed by atoms with E-state index in [0.29, 0.717) is 4.47 Å². The fourth-order valence-corrected chi connectivity index (χ4v) is 1.64. The number of halogens is 2. The molecule has 0 saturated carbocycles. The Labute approximate surface area is 83.5 Å². The largest absolute Gasteiger partial charge is 0.331 e. The predicted molar refractivity (Wildman–Crippen MR) is 53.1 cm³/mol. The summed E-state index contributed by atoms with van der Waals surface area (Å²) in [5.74, 6) is 0.628. The van der Waals surface area contributed by atoms with Gasteiger partial charge in [-0.3, -0.25) is 0 Å². The van der Waals surface area contributed by atoms with Crippen molar-refractivity contribution in [1.82, 2.24) is 9.55 Å². The molecule has 0 aliphatic heterocycles. The SMILES string of the molecule is Cc1nc2cc(Br)c(F)cc2n1C. The highest BCUT2D eigenvalue weighted by Gasteiger charge is 2.07. The van der Waals surface area contributed by atoms with Gasteiger partial charge in [-0.2, -0.15) is 0 Å². The topological polar surface area (TPSA) is 17.8 Å². The van der Waals surface area contributed by atoms with Gasteiger partial charge in [0.2, 0.25) is 0 Å². The second-order valence-electron chi connectivity index (χ2n) is 2.97. The minimum atomic E-state index is -0.254. The molecule has 0 fully saturated rings. The number of fused-ring (bicyclic) bond motifs is 1. The van der Waals surface area contributed by atoms with Crippen LogP contribution in [0.2, 0.25) is 0 Å². The second kappa shape index (κ2) is 2.80. The molecule has 0 amide bonds. The standard InChI is InChI=1S/C9H8BrFN2/c1-5-12-8-3-6(10)7(11)4-9(8)13(5)2/h3-4H,1-2H3. The molecule has 0 aliphatic carbocycles. The molecule has 0 radical (unpaired) electrons. The average molecular weight is 243 g/mol. The Bertz CT molecular complexity index is 476. The van der Waals surface area contributed by atoms with Crippen LogP contribution in [0.25, 0.3) is 11.0 Å². The fourth-order valence-electron chi connectivity index (χ4n) is 1.31. The number of imidazole rings is 1. The van der Waals surface area contributed by atoms with Crippen molar-refractivity contribution in [3.05, 3.63) is 28.2 Å². The zero-order valence-electron chi connectivity index (χ0n) is 7.31. The van der Waals surface area contributed by atoms with Crippen LogP contribution >= 0.6 is 15.9 Å². The summed E-state index contributed by atoms with van der Waals surface area (Å²) >= 11 is 3.13. The third kappa shape index (κ3) is 1.25. The minimum Gasteiger partial charge on any atom is -0.331 e. The maximum atomic E-state index is 13.1. The van der Waals surface area contributed by atoms with E-state index in [1.807, 2.05) is 18.5 Å². The van der Waals surface area contributed by atoms with Gasteiger partial charge in [0.15, 0.2) is 0 Å². The lowest BCUT2D eigenvalue weighted by Gasteiger charge is -1.97. The summed E-state index contributed by atoms with van der Waals surface area (Å²) in [7, 11) is 1.87. The lowest BCUT2D eigenvalue weighted by molar-refractivity contribution is 0.622. The van der Waals surface area contributed by atoms with Gasteiger partial charge in [-0.1, -0.05) is 0 Å². The van der Waals surface area contributed by atoms with E-state index in [9.17, 15) is 4.39 Å². The molecular weight excluding hydrogens is 235 g/mol. The van der Waals surface area contributed by atoms with Gasteiger partial charge in [0.1, 0.15) is 11.6 Å². The lowest BCUT2D eigenvalue weighted by atomic mass is 10.3. The van der Waals surface area contributed by atoms with Gasteiger partial charge in [0, 0.05) is 13.1 Å². The Hall–Kier alpha value is -0.900. The minimum absolute atomic E-state index is 0.254. The van der Waals surface area contributed by atoms with Crippen LogP contribution in [0.15, 0.2) is 16.6 Å². The predicted octanol–water partition coefficient (Wildman–Crippen LogP) is 2.78. The Morgan fingerprint density at radius 1 is 1.46 bits per heavy atom. The normalized spacial score (nSPS) is 11.1. The smallest absolute Gasteiger partial charge is 0.139 e. The number of nitrogens with zero attached hydrogens (tertiary/aromatic N) is 2. The quantitative estimate of drug-likeness (QED) is 0.695. The van der Waals surface area contributed by atoms with E-state index in [4.69, 9.17) is 0 Å². The molecule has 2 rings (SSSR count). The number of aryl methyl sites for hydroxylation is 2. The van der Waals surface area contributed by atoms with Crippen molar-refractivity contribution in [2.45, 2.75) is 6.92 Å². The number of hydrogen-bond donors (Lipinski definition) is 0. The van der Waals surface area contributed by atoms with Crippen LogP contribution in [0.5, 0.6) is 0 Å². The van der Waals surface area contributed by atoms with Gasteiger partial charge in [-0.25, -0.2) is 9.37 Å². The molecule has 2 aromatic rings. The van der Waals surface area contributed by atoms with Gasteiger partial charge in [-0.05, 0) is 28.9 Å². The molecule has 1 heterocycles. The molecule has 0 bridgehead atoms. The van der Waals surface area contributed by atoms with E-state index in [2.05, 4.69) is 20.9 Å². The van der Waals surface area contributed by atoms with Crippen molar-refractivity contribution in [2.75, 3.05) is 0 Å². The molecule has 4 heteroatoms.